The Morgan fingerprint density at radius 2 is 1.96 bits per heavy atom. The average molecular weight is 315 g/mol. The molecule has 0 bridgehead atoms. The molecule has 2 heterocycles. The van der Waals surface area contributed by atoms with Gasteiger partial charge in [-0.15, -0.1) is 0 Å². The molecule has 1 amide bonds. The molecular formula is C17H25N5O. The van der Waals surface area contributed by atoms with Crippen LogP contribution in [0.3, 0.4) is 0 Å². The molecule has 1 aliphatic rings. The summed E-state index contributed by atoms with van der Waals surface area (Å²) < 4.78 is 2.15. The molecule has 1 aromatic heterocycles. The lowest BCUT2D eigenvalue weighted by Gasteiger charge is -2.31. The molecule has 1 aromatic carbocycles. The van der Waals surface area contributed by atoms with E-state index in [0.29, 0.717) is 6.42 Å². The lowest BCUT2D eigenvalue weighted by molar-refractivity contribution is -0.115. The Bertz CT molecular complexity index is 700. The summed E-state index contributed by atoms with van der Waals surface area (Å²) in [5.41, 5.74) is 2.85. The van der Waals surface area contributed by atoms with Crippen LogP contribution in [0.5, 0.6) is 0 Å². The van der Waals surface area contributed by atoms with E-state index in [4.69, 9.17) is 4.98 Å². The van der Waals surface area contributed by atoms with Gasteiger partial charge in [-0.2, -0.15) is 0 Å². The summed E-state index contributed by atoms with van der Waals surface area (Å²) in [6.07, 6.45) is 0.481. The van der Waals surface area contributed by atoms with Gasteiger partial charge in [-0.05, 0) is 25.2 Å². The van der Waals surface area contributed by atoms with Crippen molar-refractivity contribution in [2.24, 2.45) is 7.05 Å². The summed E-state index contributed by atoms with van der Waals surface area (Å²) in [7, 11) is 4.23. The molecule has 2 aromatic rings. The monoisotopic (exact) mass is 315 g/mol. The van der Waals surface area contributed by atoms with Gasteiger partial charge >= 0.3 is 0 Å². The molecule has 1 saturated heterocycles. The average Bonchev–Trinajstić information content (AvgIpc) is 2.85. The minimum absolute atomic E-state index is 0.0259. The van der Waals surface area contributed by atoms with Crippen LogP contribution in [0, 0.1) is 0 Å². The number of hydrogen-bond donors (Lipinski definition) is 1. The van der Waals surface area contributed by atoms with Gasteiger partial charge in [0.15, 0.2) is 0 Å². The van der Waals surface area contributed by atoms with Gasteiger partial charge in [0.1, 0.15) is 5.82 Å². The van der Waals surface area contributed by atoms with E-state index in [0.717, 1.165) is 55.3 Å². The highest BCUT2D eigenvalue weighted by Gasteiger charge is 2.17. The van der Waals surface area contributed by atoms with Crippen LogP contribution in [0.2, 0.25) is 0 Å². The Morgan fingerprint density at radius 1 is 1.22 bits per heavy atom. The van der Waals surface area contributed by atoms with E-state index in [2.05, 4.69) is 33.8 Å². The normalized spacial score (nSPS) is 16.8. The number of rotatable bonds is 4. The highest BCUT2D eigenvalue weighted by atomic mass is 16.1. The third-order valence-electron chi connectivity index (χ3n) is 4.54. The molecule has 0 saturated carbocycles. The van der Waals surface area contributed by atoms with E-state index in [9.17, 15) is 4.79 Å². The molecule has 0 radical (unpaired) electrons. The molecule has 23 heavy (non-hydrogen) atoms. The number of hydrogen-bond acceptors (Lipinski definition) is 4. The van der Waals surface area contributed by atoms with Gasteiger partial charge in [0.2, 0.25) is 5.91 Å². The number of aromatic nitrogens is 2. The van der Waals surface area contributed by atoms with Gasteiger partial charge in [0.05, 0.1) is 17.6 Å². The molecule has 0 unspecified atom stereocenters. The first kappa shape index (κ1) is 16.0. The minimum atomic E-state index is 0.0259. The third-order valence-corrected chi connectivity index (χ3v) is 4.54. The first-order valence-electron chi connectivity index (χ1n) is 8.23. The number of nitrogens with zero attached hydrogens (tertiary/aromatic N) is 4. The second kappa shape index (κ2) is 6.68. The van der Waals surface area contributed by atoms with E-state index in [1.165, 1.54) is 0 Å². The van der Waals surface area contributed by atoms with Crippen LogP contribution in [0.25, 0.3) is 11.0 Å². The fraction of sp³-hybridized carbons (Fsp3) is 0.529. The molecule has 0 atom stereocenters. The summed E-state index contributed by atoms with van der Waals surface area (Å²) in [6.45, 7) is 7.10. The van der Waals surface area contributed by atoms with E-state index in [1.54, 1.807) is 0 Å². The van der Waals surface area contributed by atoms with Crippen molar-refractivity contribution in [3.8, 4) is 0 Å². The van der Waals surface area contributed by atoms with Gasteiger partial charge in [0, 0.05) is 45.3 Å². The van der Waals surface area contributed by atoms with Gasteiger partial charge in [-0.1, -0.05) is 6.92 Å². The number of fused-ring (bicyclic) bond motifs is 1. The molecule has 1 N–H and O–H groups in total. The van der Waals surface area contributed by atoms with Crippen molar-refractivity contribution in [3.05, 3.63) is 24.0 Å². The first-order chi connectivity index (χ1) is 11.1. The first-order valence-corrected chi connectivity index (χ1v) is 8.23. The maximum absolute atomic E-state index is 11.5. The number of amides is 1. The fourth-order valence-corrected chi connectivity index (χ4v) is 2.92. The zero-order valence-electron chi connectivity index (χ0n) is 14.2. The summed E-state index contributed by atoms with van der Waals surface area (Å²) in [6, 6.07) is 5.93. The number of aryl methyl sites for hydroxylation is 1. The summed E-state index contributed by atoms with van der Waals surface area (Å²) in [5.74, 6) is 1.10. The molecule has 3 rings (SSSR count). The highest BCUT2D eigenvalue weighted by Crippen LogP contribution is 2.21. The summed E-state index contributed by atoms with van der Waals surface area (Å²) in [4.78, 5) is 21.1. The number of piperazine rings is 1. The summed E-state index contributed by atoms with van der Waals surface area (Å²) in [5, 5.41) is 2.89. The largest absolute Gasteiger partial charge is 0.330 e. The van der Waals surface area contributed by atoms with Crippen LogP contribution in [0.4, 0.5) is 5.69 Å². The number of nitrogens with one attached hydrogen (secondary N) is 1. The molecule has 0 spiro atoms. The molecule has 0 aliphatic carbocycles. The van der Waals surface area contributed by atoms with Crippen molar-refractivity contribution < 1.29 is 4.79 Å². The van der Waals surface area contributed by atoms with Crippen molar-refractivity contribution in [1.82, 2.24) is 19.4 Å². The highest BCUT2D eigenvalue weighted by molar-refractivity contribution is 5.92. The van der Waals surface area contributed by atoms with Crippen LogP contribution < -0.4 is 5.32 Å². The van der Waals surface area contributed by atoms with Crippen molar-refractivity contribution >= 4 is 22.6 Å². The smallest absolute Gasteiger partial charge is 0.224 e. The maximum Gasteiger partial charge on any atom is 0.224 e. The predicted molar refractivity (Wildman–Crippen MR) is 92.4 cm³/mol. The van der Waals surface area contributed by atoms with Crippen LogP contribution in [0.1, 0.15) is 19.2 Å². The Labute approximate surface area is 137 Å². The maximum atomic E-state index is 11.5. The standard InChI is InChI=1S/C17H25N5O/c1-4-17(23)18-13-5-6-15-14(11-13)19-16(21(15)3)12-22-9-7-20(2)8-10-22/h5-6,11H,4,7-10,12H2,1-3H3,(H,18,23). The minimum Gasteiger partial charge on any atom is -0.330 e. The van der Waals surface area contributed by atoms with Crippen LogP contribution in [0.15, 0.2) is 18.2 Å². The number of likely N-dealkylation sites (N-methyl/N-ethyl adjacent to an activating group) is 1. The number of carbonyl (C=O) groups excluding carboxylic acids is 1. The lowest BCUT2D eigenvalue weighted by atomic mass is 10.2. The molecular weight excluding hydrogens is 290 g/mol. The number of imidazole rings is 1. The molecule has 124 valence electrons. The summed E-state index contributed by atoms with van der Waals surface area (Å²) >= 11 is 0. The quantitative estimate of drug-likeness (QED) is 0.932. The van der Waals surface area contributed by atoms with E-state index in [-0.39, 0.29) is 5.91 Å². The Kier molecular flexibility index (Phi) is 4.63. The second-order valence-electron chi connectivity index (χ2n) is 6.27. The third kappa shape index (κ3) is 3.54. The Balaban J connectivity index is 1.79. The van der Waals surface area contributed by atoms with Crippen molar-refractivity contribution in [3.63, 3.8) is 0 Å². The van der Waals surface area contributed by atoms with E-state index < -0.39 is 0 Å². The molecule has 1 fully saturated rings. The lowest BCUT2D eigenvalue weighted by Crippen LogP contribution is -2.44. The number of anilines is 1. The molecule has 6 heteroatoms. The zero-order chi connectivity index (χ0) is 16.4. The Hall–Kier alpha value is -1.92. The second-order valence-corrected chi connectivity index (χ2v) is 6.27. The van der Waals surface area contributed by atoms with E-state index >= 15 is 0 Å². The van der Waals surface area contributed by atoms with Gasteiger partial charge in [-0.25, -0.2) is 4.98 Å². The van der Waals surface area contributed by atoms with Crippen LogP contribution in [-0.4, -0.2) is 58.5 Å². The number of benzene rings is 1. The van der Waals surface area contributed by atoms with Gasteiger partial charge in [0.25, 0.3) is 0 Å². The number of carbonyl (C=O) groups is 1. The van der Waals surface area contributed by atoms with Crippen LogP contribution >= 0.6 is 0 Å². The van der Waals surface area contributed by atoms with Crippen molar-refractivity contribution in [2.45, 2.75) is 19.9 Å². The van der Waals surface area contributed by atoms with Crippen LogP contribution in [-0.2, 0) is 18.4 Å². The fourth-order valence-electron chi connectivity index (χ4n) is 2.92. The predicted octanol–water partition coefficient (Wildman–Crippen LogP) is 1.67. The Morgan fingerprint density at radius 3 is 2.65 bits per heavy atom. The van der Waals surface area contributed by atoms with Gasteiger partial charge < -0.3 is 14.8 Å². The zero-order valence-corrected chi connectivity index (χ0v) is 14.2. The molecule has 1 aliphatic heterocycles. The molecule has 6 nitrogen and oxygen atoms in total. The van der Waals surface area contributed by atoms with Gasteiger partial charge in [-0.3, -0.25) is 9.69 Å². The SMILES string of the molecule is CCC(=O)Nc1ccc2c(c1)nc(CN1CCN(C)CC1)n2C. The van der Waals surface area contributed by atoms with Crippen molar-refractivity contribution in [2.75, 3.05) is 38.5 Å². The topological polar surface area (TPSA) is 53.4 Å². The van der Waals surface area contributed by atoms with E-state index in [1.807, 2.05) is 25.1 Å². The van der Waals surface area contributed by atoms with Crippen molar-refractivity contribution in [1.29, 1.82) is 0 Å².